The predicted molar refractivity (Wildman–Crippen MR) is 69.0 cm³/mol. The molecule has 0 saturated heterocycles. The lowest BCUT2D eigenvalue weighted by Gasteiger charge is -2.22. The van der Waals surface area contributed by atoms with Gasteiger partial charge in [-0.15, -0.1) is 0 Å². The fourth-order valence-electron chi connectivity index (χ4n) is 2.26. The van der Waals surface area contributed by atoms with Crippen molar-refractivity contribution in [3.8, 4) is 0 Å². The number of aryl methyl sites for hydroxylation is 1. The summed E-state index contributed by atoms with van der Waals surface area (Å²) in [5.74, 6) is 0.579. The van der Waals surface area contributed by atoms with Crippen molar-refractivity contribution in [2.24, 2.45) is 5.92 Å². The minimum Gasteiger partial charge on any atom is -0.390 e. The van der Waals surface area contributed by atoms with Crippen molar-refractivity contribution in [3.63, 3.8) is 0 Å². The molecule has 0 spiro atoms. The van der Waals surface area contributed by atoms with Gasteiger partial charge in [-0.1, -0.05) is 29.8 Å². The molecule has 0 bridgehead atoms. The largest absolute Gasteiger partial charge is 0.390 e. The highest BCUT2D eigenvalue weighted by Crippen LogP contribution is 2.36. The second-order valence-corrected chi connectivity index (χ2v) is 5.01. The van der Waals surface area contributed by atoms with Gasteiger partial charge >= 0.3 is 0 Å². The molecule has 0 heterocycles. The van der Waals surface area contributed by atoms with Crippen LogP contribution in [-0.4, -0.2) is 23.9 Å². The van der Waals surface area contributed by atoms with Crippen molar-refractivity contribution in [2.45, 2.75) is 45.3 Å². The van der Waals surface area contributed by atoms with Crippen molar-refractivity contribution < 1.29 is 9.84 Å². The summed E-state index contributed by atoms with van der Waals surface area (Å²) in [4.78, 5) is 0. The molecule has 1 N–H and O–H groups in total. The molecule has 1 aromatic carbocycles. The lowest BCUT2D eigenvalue weighted by molar-refractivity contribution is -0.0439. The lowest BCUT2D eigenvalue weighted by atomic mass is 10.00. The molecule has 2 atom stereocenters. The second-order valence-electron chi connectivity index (χ2n) is 5.01. The third-order valence-corrected chi connectivity index (χ3v) is 3.39. The second kappa shape index (κ2) is 5.65. The van der Waals surface area contributed by atoms with E-state index >= 15 is 0 Å². The SMILES string of the molecule is CCOC(C(O)Cc1ccc(C)cc1)C1CC1. The molecule has 0 amide bonds. The molecule has 2 unspecified atom stereocenters. The smallest absolute Gasteiger partial charge is 0.0865 e. The standard InChI is InChI=1S/C15H22O2/c1-3-17-15(13-8-9-13)14(16)10-12-6-4-11(2)5-7-12/h4-7,13-16H,3,8-10H2,1-2H3. The van der Waals surface area contributed by atoms with Crippen LogP contribution in [0.4, 0.5) is 0 Å². The van der Waals surface area contributed by atoms with Gasteiger partial charge in [-0.05, 0) is 38.2 Å². The van der Waals surface area contributed by atoms with E-state index in [0.29, 0.717) is 18.9 Å². The Morgan fingerprint density at radius 3 is 2.47 bits per heavy atom. The molecule has 94 valence electrons. The summed E-state index contributed by atoms with van der Waals surface area (Å²) >= 11 is 0. The van der Waals surface area contributed by atoms with E-state index in [9.17, 15) is 5.11 Å². The zero-order valence-corrected chi connectivity index (χ0v) is 10.7. The topological polar surface area (TPSA) is 29.5 Å². The molecule has 0 aliphatic heterocycles. The van der Waals surface area contributed by atoms with E-state index in [4.69, 9.17) is 4.74 Å². The fourth-order valence-corrected chi connectivity index (χ4v) is 2.26. The first-order chi connectivity index (χ1) is 8.20. The van der Waals surface area contributed by atoms with Crippen LogP contribution in [-0.2, 0) is 11.2 Å². The molecule has 1 aromatic rings. The molecule has 17 heavy (non-hydrogen) atoms. The average Bonchev–Trinajstić information content (AvgIpc) is 3.13. The number of benzene rings is 1. The zero-order chi connectivity index (χ0) is 12.3. The number of ether oxygens (including phenoxy) is 1. The van der Waals surface area contributed by atoms with Gasteiger partial charge in [0.2, 0.25) is 0 Å². The van der Waals surface area contributed by atoms with Crippen molar-refractivity contribution in [1.82, 2.24) is 0 Å². The highest BCUT2D eigenvalue weighted by molar-refractivity contribution is 5.22. The molecule has 0 radical (unpaired) electrons. The first-order valence-corrected chi connectivity index (χ1v) is 6.56. The van der Waals surface area contributed by atoms with Crippen LogP contribution >= 0.6 is 0 Å². The van der Waals surface area contributed by atoms with Gasteiger partial charge in [0.05, 0.1) is 12.2 Å². The van der Waals surface area contributed by atoms with E-state index < -0.39 is 0 Å². The van der Waals surface area contributed by atoms with E-state index in [1.807, 2.05) is 6.92 Å². The number of hydrogen-bond acceptors (Lipinski definition) is 2. The Kier molecular flexibility index (Phi) is 4.19. The minimum atomic E-state index is -0.370. The summed E-state index contributed by atoms with van der Waals surface area (Å²) < 4.78 is 5.67. The Bertz CT molecular complexity index is 340. The van der Waals surface area contributed by atoms with Crippen LogP contribution < -0.4 is 0 Å². The van der Waals surface area contributed by atoms with Crippen LogP contribution in [0.3, 0.4) is 0 Å². The Morgan fingerprint density at radius 1 is 1.29 bits per heavy atom. The molecule has 2 heteroatoms. The molecule has 2 nitrogen and oxygen atoms in total. The quantitative estimate of drug-likeness (QED) is 0.820. The van der Waals surface area contributed by atoms with E-state index in [1.54, 1.807) is 0 Å². The fraction of sp³-hybridized carbons (Fsp3) is 0.600. The van der Waals surface area contributed by atoms with Crippen molar-refractivity contribution >= 4 is 0 Å². The monoisotopic (exact) mass is 234 g/mol. The third kappa shape index (κ3) is 3.55. The minimum absolute atomic E-state index is 0.0290. The maximum atomic E-state index is 10.2. The van der Waals surface area contributed by atoms with Crippen LogP contribution in [0.5, 0.6) is 0 Å². The Balaban J connectivity index is 1.94. The number of aliphatic hydroxyl groups is 1. The van der Waals surface area contributed by atoms with Gasteiger partial charge in [0.1, 0.15) is 0 Å². The summed E-state index contributed by atoms with van der Waals surface area (Å²) in [6.07, 6.45) is 2.76. The highest BCUT2D eigenvalue weighted by Gasteiger charge is 2.36. The van der Waals surface area contributed by atoms with E-state index in [2.05, 4.69) is 31.2 Å². The van der Waals surface area contributed by atoms with Crippen molar-refractivity contribution in [2.75, 3.05) is 6.61 Å². The van der Waals surface area contributed by atoms with Gasteiger partial charge in [0, 0.05) is 13.0 Å². The molecule has 1 aliphatic rings. The lowest BCUT2D eigenvalue weighted by Crippen LogP contribution is -2.32. The molecule has 1 aliphatic carbocycles. The molecule has 1 saturated carbocycles. The maximum Gasteiger partial charge on any atom is 0.0865 e. The number of rotatable bonds is 6. The highest BCUT2D eigenvalue weighted by atomic mass is 16.5. The van der Waals surface area contributed by atoms with Gasteiger partial charge in [0.15, 0.2) is 0 Å². The molecule has 0 aromatic heterocycles. The van der Waals surface area contributed by atoms with Gasteiger partial charge < -0.3 is 9.84 Å². The Hall–Kier alpha value is -0.860. The maximum absolute atomic E-state index is 10.2. The van der Waals surface area contributed by atoms with Gasteiger partial charge in [-0.3, -0.25) is 0 Å². The van der Waals surface area contributed by atoms with E-state index in [-0.39, 0.29) is 12.2 Å². The van der Waals surface area contributed by atoms with Gasteiger partial charge in [-0.25, -0.2) is 0 Å². The Morgan fingerprint density at radius 2 is 1.94 bits per heavy atom. The summed E-state index contributed by atoms with van der Waals surface area (Å²) in [7, 11) is 0. The summed E-state index contributed by atoms with van der Waals surface area (Å²) in [5, 5.41) is 10.2. The van der Waals surface area contributed by atoms with Gasteiger partial charge in [0.25, 0.3) is 0 Å². The molecular weight excluding hydrogens is 212 g/mol. The van der Waals surface area contributed by atoms with Crippen LogP contribution in [0.2, 0.25) is 0 Å². The first-order valence-electron chi connectivity index (χ1n) is 6.56. The number of aliphatic hydroxyl groups excluding tert-OH is 1. The summed E-state index contributed by atoms with van der Waals surface area (Å²) in [6.45, 7) is 4.76. The van der Waals surface area contributed by atoms with Crippen molar-refractivity contribution in [3.05, 3.63) is 35.4 Å². The first kappa shape index (κ1) is 12.6. The van der Waals surface area contributed by atoms with Crippen molar-refractivity contribution in [1.29, 1.82) is 0 Å². The number of hydrogen-bond donors (Lipinski definition) is 1. The predicted octanol–water partition coefficient (Wildman–Crippen LogP) is 2.71. The van der Waals surface area contributed by atoms with Crippen LogP contribution in [0.15, 0.2) is 24.3 Å². The third-order valence-electron chi connectivity index (χ3n) is 3.39. The zero-order valence-electron chi connectivity index (χ0n) is 10.7. The average molecular weight is 234 g/mol. The van der Waals surface area contributed by atoms with Gasteiger partial charge in [-0.2, -0.15) is 0 Å². The van der Waals surface area contributed by atoms with E-state index in [0.717, 1.165) is 0 Å². The van der Waals surface area contributed by atoms with Crippen LogP contribution in [0, 0.1) is 12.8 Å². The molecule has 1 fully saturated rings. The van der Waals surface area contributed by atoms with Crippen LogP contribution in [0.25, 0.3) is 0 Å². The molecule has 2 rings (SSSR count). The van der Waals surface area contributed by atoms with E-state index in [1.165, 1.54) is 24.0 Å². The summed E-state index contributed by atoms with van der Waals surface area (Å²) in [6, 6.07) is 8.37. The Labute approximate surface area is 104 Å². The normalized spacial score (nSPS) is 19.0. The van der Waals surface area contributed by atoms with Crippen LogP contribution in [0.1, 0.15) is 30.9 Å². The summed E-state index contributed by atoms with van der Waals surface area (Å²) in [5.41, 5.74) is 2.44. The molecular formula is C15H22O2.